The second-order valence-electron chi connectivity index (χ2n) is 6.25. The minimum absolute atomic E-state index is 0.184. The fourth-order valence-electron chi connectivity index (χ4n) is 3.31. The van der Waals surface area contributed by atoms with Gasteiger partial charge in [0.25, 0.3) is 0 Å². The SMILES string of the molecule is OCC1CCCCN1c1cc(NCC2CCCOC2)ncn1. The molecule has 6 nitrogen and oxygen atoms in total. The Hall–Kier alpha value is -1.40. The zero-order chi connectivity index (χ0) is 15.2. The molecule has 0 spiro atoms. The largest absolute Gasteiger partial charge is 0.394 e. The Kier molecular flexibility index (Phi) is 5.45. The monoisotopic (exact) mass is 306 g/mol. The van der Waals surface area contributed by atoms with Crippen molar-refractivity contribution < 1.29 is 9.84 Å². The number of aliphatic hydroxyl groups excluding tert-OH is 1. The van der Waals surface area contributed by atoms with Crippen LogP contribution in [0.3, 0.4) is 0 Å². The van der Waals surface area contributed by atoms with Gasteiger partial charge in [0.1, 0.15) is 18.0 Å². The van der Waals surface area contributed by atoms with E-state index in [-0.39, 0.29) is 12.6 Å². The van der Waals surface area contributed by atoms with Gasteiger partial charge in [-0.15, -0.1) is 0 Å². The average Bonchev–Trinajstić information content (AvgIpc) is 2.61. The highest BCUT2D eigenvalue weighted by Gasteiger charge is 2.23. The van der Waals surface area contributed by atoms with E-state index in [9.17, 15) is 5.11 Å². The van der Waals surface area contributed by atoms with E-state index in [0.717, 1.165) is 57.2 Å². The van der Waals surface area contributed by atoms with Gasteiger partial charge in [-0.05, 0) is 38.0 Å². The van der Waals surface area contributed by atoms with Gasteiger partial charge in [-0.1, -0.05) is 0 Å². The average molecular weight is 306 g/mol. The third-order valence-electron chi connectivity index (χ3n) is 4.61. The first kappa shape index (κ1) is 15.5. The first-order chi connectivity index (χ1) is 10.9. The second-order valence-corrected chi connectivity index (χ2v) is 6.25. The van der Waals surface area contributed by atoms with Crippen LogP contribution in [0.15, 0.2) is 12.4 Å². The smallest absolute Gasteiger partial charge is 0.134 e. The summed E-state index contributed by atoms with van der Waals surface area (Å²) < 4.78 is 5.51. The predicted molar refractivity (Wildman–Crippen MR) is 86.1 cm³/mol. The number of anilines is 2. The third-order valence-corrected chi connectivity index (χ3v) is 4.61. The maximum atomic E-state index is 9.55. The van der Waals surface area contributed by atoms with Crippen LogP contribution in [0.5, 0.6) is 0 Å². The van der Waals surface area contributed by atoms with Gasteiger partial charge in [0, 0.05) is 25.8 Å². The molecule has 0 saturated carbocycles. The molecule has 0 radical (unpaired) electrons. The summed E-state index contributed by atoms with van der Waals surface area (Å²) in [6.07, 6.45) is 7.33. The van der Waals surface area contributed by atoms with Crippen LogP contribution in [0.25, 0.3) is 0 Å². The summed E-state index contributed by atoms with van der Waals surface area (Å²) in [6.45, 7) is 3.76. The van der Waals surface area contributed by atoms with Crippen molar-refractivity contribution in [3.63, 3.8) is 0 Å². The number of hydrogen-bond donors (Lipinski definition) is 2. The molecule has 3 rings (SSSR count). The van der Waals surface area contributed by atoms with Gasteiger partial charge in [0.2, 0.25) is 0 Å². The summed E-state index contributed by atoms with van der Waals surface area (Å²) in [5, 5.41) is 13.0. The van der Waals surface area contributed by atoms with E-state index in [1.807, 2.05) is 6.07 Å². The molecule has 122 valence electrons. The summed E-state index contributed by atoms with van der Waals surface area (Å²) in [5.41, 5.74) is 0. The van der Waals surface area contributed by atoms with E-state index in [4.69, 9.17) is 4.74 Å². The molecule has 2 saturated heterocycles. The Bertz CT molecular complexity index is 465. The first-order valence-corrected chi connectivity index (χ1v) is 8.38. The molecule has 1 aromatic rings. The van der Waals surface area contributed by atoms with Gasteiger partial charge in [-0.2, -0.15) is 0 Å². The lowest BCUT2D eigenvalue weighted by Gasteiger charge is -2.35. The molecule has 0 amide bonds. The molecule has 0 aromatic carbocycles. The molecular weight excluding hydrogens is 280 g/mol. The molecule has 2 unspecified atom stereocenters. The molecule has 0 bridgehead atoms. The topological polar surface area (TPSA) is 70.5 Å². The Labute approximate surface area is 131 Å². The van der Waals surface area contributed by atoms with Crippen molar-refractivity contribution in [3.05, 3.63) is 12.4 Å². The van der Waals surface area contributed by atoms with E-state index in [2.05, 4.69) is 20.2 Å². The molecule has 6 heteroatoms. The zero-order valence-corrected chi connectivity index (χ0v) is 13.1. The molecule has 3 heterocycles. The minimum Gasteiger partial charge on any atom is -0.394 e. The summed E-state index contributed by atoms with van der Waals surface area (Å²) in [4.78, 5) is 10.9. The highest BCUT2D eigenvalue weighted by molar-refractivity contribution is 5.49. The van der Waals surface area contributed by atoms with Crippen LogP contribution in [-0.2, 0) is 4.74 Å². The number of hydrogen-bond acceptors (Lipinski definition) is 6. The highest BCUT2D eigenvalue weighted by Crippen LogP contribution is 2.24. The van der Waals surface area contributed by atoms with E-state index in [1.165, 1.54) is 12.8 Å². The maximum Gasteiger partial charge on any atom is 0.134 e. The van der Waals surface area contributed by atoms with Crippen LogP contribution >= 0.6 is 0 Å². The summed E-state index contributed by atoms with van der Waals surface area (Å²) >= 11 is 0. The minimum atomic E-state index is 0.184. The number of ether oxygens (including phenoxy) is 1. The van der Waals surface area contributed by atoms with Crippen molar-refractivity contribution in [1.82, 2.24) is 9.97 Å². The van der Waals surface area contributed by atoms with Crippen molar-refractivity contribution in [2.24, 2.45) is 5.92 Å². The van der Waals surface area contributed by atoms with Crippen molar-refractivity contribution in [2.75, 3.05) is 43.1 Å². The molecular formula is C16H26N4O2. The Morgan fingerprint density at radius 2 is 2.23 bits per heavy atom. The quantitative estimate of drug-likeness (QED) is 0.862. The lowest BCUT2D eigenvalue weighted by molar-refractivity contribution is 0.0595. The summed E-state index contributed by atoms with van der Waals surface area (Å²) in [7, 11) is 0. The van der Waals surface area contributed by atoms with E-state index in [0.29, 0.717) is 5.92 Å². The standard InChI is InChI=1S/C16H26N4O2/c21-10-14-5-1-2-6-20(14)16-8-15(18-12-19-16)17-9-13-4-3-7-22-11-13/h8,12-14,21H,1-7,9-11H2,(H,17,18,19). The number of rotatable bonds is 5. The number of aliphatic hydroxyl groups is 1. The van der Waals surface area contributed by atoms with Gasteiger partial charge >= 0.3 is 0 Å². The van der Waals surface area contributed by atoms with Crippen LogP contribution in [0.1, 0.15) is 32.1 Å². The second kappa shape index (κ2) is 7.74. The van der Waals surface area contributed by atoms with Gasteiger partial charge in [-0.3, -0.25) is 0 Å². The van der Waals surface area contributed by atoms with Gasteiger partial charge in [0.05, 0.1) is 19.3 Å². The number of nitrogens with one attached hydrogen (secondary N) is 1. The molecule has 2 N–H and O–H groups in total. The normalized spacial score (nSPS) is 26.0. The van der Waals surface area contributed by atoms with Crippen molar-refractivity contribution >= 4 is 11.6 Å². The molecule has 0 aliphatic carbocycles. The molecule has 1 aromatic heterocycles. The number of piperidine rings is 1. The lowest BCUT2D eigenvalue weighted by atomic mass is 10.0. The maximum absolute atomic E-state index is 9.55. The van der Waals surface area contributed by atoms with Crippen molar-refractivity contribution in [3.8, 4) is 0 Å². The van der Waals surface area contributed by atoms with Gasteiger partial charge < -0.3 is 20.1 Å². The predicted octanol–water partition coefficient (Wildman–Crippen LogP) is 1.67. The van der Waals surface area contributed by atoms with Gasteiger partial charge in [0.15, 0.2) is 0 Å². The fraction of sp³-hybridized carbons (Fsp3) is 0.750. The fourth-order valence-corrected chi connectivity index (χ4v) is 3.31. The lowest BCUT2D eigenvalue weighted by Crippen LogP contribution is -2.42. The summed E-state index contributed by atoms with van der Waals surface area (Å²) in [6, 6.07) is 2.18. The van der Waals surface area contributed by atoms with Crippen LogP contribution < -0.4 is 10.2 Å². The molecule has 22 heavy (non-hydrogen) atoms. The van der Waals surface area contributed by atoms with Crippen LogP contribution in [0.4, 0.5) is 11.6 Å². The van der Waals surface area contributed by atoms with E-state index < -0.39 is 0 Å². The van der Waals surface area contributed by atoms with Crippen molar-refractivity contribution in [2.45, 2.75) is 38.1 Å². The van der Waals surface area contributed by atoms with E-state index in [1.54, 1.807) is 6.33 Å². The zero-order valence-electron chi connectivity index (χ0n) is 13.1. The van der Waals surface area contributed by atoms with Gasteiger partial charge in [-0.25, -0.2) is 9.97 Å². The summed E-state index contributed by atoms with van der Waals surface area (Å²) in [5.74, 6) is 2.33. The molecule has 2 aliphatic heterocycles. The molecule has 2 atom stereocenters. The van der Waals surface area contributed by atoms with Crippen molar-refractivity contribution in [1.29, 1.82) is 0 Å². The molecule has 2 fully saturated rings. The molecule has 2 aliphatic rings. The van der Waals surface area contributed by atoms with Crippen LogP contribution in [0, 0.1) is 5.92 Å². The first-order valence-electron chi connectivity index (χ1n) is 8.38. The Morgan fingerprint density at radius 1 is 1.27 bits per heavy atom. The number of nitrogens with zero attached hydrogens (tertiary/aromatic N) is 3. The highest BCUT2D eigenvalue weighted by atomic mass is 16.5. The Morgan fingerprint density at radius 3 is 3.05 bits per heavy atom. The van der Waals surface area contributed by atoms with Crippen LogP contribution in [-0.4, -0.2) is 54.0 Å². The third kappa shape index (κ3) is 3.87. The van der Waals surface area contributed by atoms with Crippen LogP contribution in [0.2, 0.25) is 0 Å². The number of aromatic nitrogens is 2. The Balaban J connectivity index is 1.61. The van der Waals surface area contributed by atoms with E-state index >= 15 is 0 Å².